The summed E-state index contributed by atoms with van der Waals surface area (Å²) in [5, 5.41) is 0.237. The van der Waals surface area contributed by atoms with Crippen LogP contribution < -0.4 is 4.74 Å². The third kappa shape index (κ3) is 4.73. The molecule has 2 nitrogen and oxygen atoms in total. The van der Waals surface area contributed by atoms with Gasteiger partial charge < -0.3 is 4.74 Å². The molecule has 1 aliphatic rings. The molecule has 1 heterocycles. The lowest BCUT2D eigenvalue weighted by molar-refractivity contribution is -0.186. The number of rotatable bonds is 4. The van der Waals surface area contributed by atoms with Gasteiger partial charge in [0.05, 0.1) is 10.4 Å². The van der Waals surface area contributed by atoms with Crippen LogP contribution in [-0.2, 0) is 0 Å². The van der Waals surface area contributed by atoms with Gasteiger partial charge in [-0.2, -0.15) is 13.2 Å². The Morgan fingerprint density at radius 2 is 2.09 bits per heavy atom. The van der Waals surface area contributed by atoms with Crippen molar-refractivity contribution in [3.8, 4) is 5.75 Å². The molecule has 1 aromatic carbocycles. The van der Waals surface area contributed by atoms with Crippen molar-refractivity contribution in [1.29, 1.82) is 0 Å². The Balaban J connectivity index is 1.86. The van der Waals surface area contributed by atoms with E-state index in [-0.39, 0.29) is 30.3 Å². The van der Waals surface area contributed by atoms with E-state index in [9.17, 15) is 17.6 Å². The Morgan fingerprint density at radius 1 is 1.36 bits per heavy atom. The van der Waals surface area contributed by atoms with Gasteiger partial charge in [0.25, 0.3) is 0 Å². The first-order valence-electron chi connectivity index (χ1n) is 6.84. The fourth-order valence-corrected chi connectivity index (χ4v) is 3.36. The molecule has 0 spiro atoms. The van der Waals surface area contributed by atoms with Crippen molar-refractivity contribution in [2.45, 2.75) is 19.0 Å². The molecule has 0 saturated carbocycles. The maximum atomic E-state index is 13.7. The molecular weight excluding hydrogens is 390 g/mol. The Kier molecular flexibility index (Phi) is 5.96. The highest BCUT2D eigenvalue weighted by atomic mass is 79.9. The molecule has 2 rings (SSSR count). The van der Waals surface area contributed by atoms with Crippen LogP contribution in [-0.4, -0.2) is 37.3 Å². The van der Waals surface area contributed by atoms with Gasteiger partial charge in [0.2, 0.25) is 0 Å². The second-order valence-electron chi connectivity index (χ2n) is 5.23. The predicted octanol–water partition coefficient (Wildman–Crippen LogP) is 4.89. The molecule has 0 aliphatic carbocycles. The summed E-state index contributed by atoms with van der Waals surface area (Å²) in [5.74, 6) is -1.87. The SMILES string of the molecule is Fc1cc(Cl)cc(Br)c1OCCN1CCCC(C(F)(F)F)C1. The van der Waals surface area contributed by atoms with Gasteiger partial charge in [-0.3, -0.25) is 4.90 Å². The smallest absolute Gasteiger partial charge is 0.393 e. The fraction of sp³-hybridized carbons (Fsp3) is 0.571. The van der Waals surface area contributed by atoms with Crippen molar-refractivity contribution < 1.29 is 22.3 Å². The highest BCUT2D eigenvalue weighted by molar-refractivity contribution is 9.10. The van der Waals surface area contributed by atoms with E-state index >= 15 is 0 Å². The Hall–Kier alpha value is -0.530. The van der Waals surface area contributed by atoms with E-state index in [1.165, 1.54) is 6.07 Å². The number of piperidine rings is 1. The summed E-state index contributed by atoms with van der Waals surface area (Å²) in [6.07, 6.45) is -3.49. The van der Waals surface area contributed by atoms with Crippen LogP contribution in [0.25, 0.3) is 0 Å². The Bertz CT molecular complexity index is 503. The molecule has 1 aromatic rings. The average Bonchev–Trinajstić information content (AvgIpc) is 2.41. The van der Waals surface area contributed by atoms with Crippen molar-refractivity contribution in [3.63, 3.8) is 0 Å². The number of alkyl halides is 3. The molecule has 1 atom stereocenters. The topological polar surface area (TPSA) is 12.5 Å². The maximum absolute atomic E-state index is 13.7. The number of nitrogens with zero attached hydrogens (tertiary/aromatic N) is 1. The van der Waals surface area contributed by atoms with E-state index in [4.69, 9.17) is 16.3 Å². The minimum absolute atomic E-state index is 0.0220. The fourth-order valence-electron chi connectivity index (χ4n) is 2.47. The molecule has 22 heavy (non-hydrogen) atoms. The van der Waals surface area contributed by atoms with Gasteiger partial charge >= 0.3 is 6.18 Å². The zero-order chi connectivity index (χ0) is 16.3. The molecule has 1 unspecified atom stereocenters. The van der Waals surface area contributed by atoms with Gasteiger partial charge in [0.1, 0.15) is 6.61 Å². The van der Waals surface area contributed by atoms with Crippen LogP contribution in [0.4, 0.5) is 17.6 Å². The van der Waals surface area contributed by atoms with Crippen molar-refractivity contribution >= 4 is 27.5 Å². The minimum Gasteiger partial charge on any atom is -0.488 e. The molecular formula is C14H15BrClF4NO. The van der Waals surface area contributed by atoms with Crippen molar-refractivity contribution in [2.75, 3.05) is 26.2 Å². The Morgan fingerprint density at radius 3 is 2.73 bits per heavy atom. The van der Waals surface area contributed by atoms with Crippen LogP contribution in [0.2, 0.25) is 5.02 Å². The summed E-state index contributed by atoms with van der Waals surface area (Å²) in [7, 11) is 0. The molecule has 1 saturated heterocycles. The molecule has 1 aliphatic heterocycles. The van der Waals surface area contributed by atoms with E-state index < -0.39 is 17.9 Å². The first kappa shape index (κ1) is 17.8. The molecule has 0 bridgehead atoms. The van der Waals surface area contributed by atoms with Crippen LogP contribution in [0.15, 0.2) is 16.6 Å². The van der Waals surface area contributed by atoms with E-state index in [0.29, 0.717) is 24.0 Å². The van der Waals surface area contributed by atoms with Crippen molar-refractivity contribution in [2.24, 2.45) is 5.92 Å². The summed E-state index contributed by atoms with van der Waals surface area (Å²) in [6, 6.07) is 2.63. The van der Waals surface area contributed by atoms with Crippen LogP contribution in [0.1, 0.15) is 12.8 Å². The lowest BCUT2D eigenvalue weighted by Gasteiger charge is -2.33. The van der Waals surface area contributed by atoms with Crippen molar-refractivity contribution in [3.05, 3.63) is 27.4 Å². The largest absolute Gasteiger partial charge is 0.488 e. The highest BCUT2D eigenvalue weighted by Crippen LogP contribution is 2.33. The van der Waals surface area contributed by atoms with Gasteiger partial charge in [-0.15, -0.1) is 0 Å². The van der Waals surface area contributed by atoms with Crippen LogP contribution >= 0.6 is 27.5 Å². The maximum Gasteiger partial charge on any atom is 0.393 e. The third-order valence-electron chi connectivity index (χ3n) is 3.59. The van der Waals surface area contributed by atoms with Crippen molar-refractivity contribution in [1.82, 2.24) is 4.90 Å². The molecule has 1 fully saturated rings. The standard InChI is InChI=1S/C14H15BrClF4NO/c15-11-6-10(16)7-12(17)13(11)22-5-4-21-3-1-2-9(8-21)14(18,19)20/h6-7,9H,1-5,8H2. The van der Waals surface area contributed by atoms with Crippen LogP contribution in [0.3, 0.4) is 0 Å². The number of ether oxygens (including phenoxy) is 1. The Labute approximate surface area is 139 Å². The number of halogens is 6. The van der Waals surface area contributed by atoms with Gasteiger partial charge in [-0.25, -0.2) is 4.39 Å². The van der Waals surface area contributed by atoms with Gasteiger partial charge in [-0.1, -0.05) is 11.6 Å². The van der Waals surface area contributed by atoms with E-state index in [2.05, 4.69) is 15.9 Å². The number of benzene rings is 1. The summed E-state index contributed by atoms with van der Waals surface area (Å²) in [5.41, 5.74) is 0. The zero-order valence-electron chi connectivity index (χ0n) is 11.6. The first-order chi connectivity index (χ1) is 10.3. The summed E-state index contributed by atoms with van der Waals surface area (Å²) in [4.78, 5) is 1.70. The first-order valence-corrected chi connectivity index (χ1v) is 8.01. The number of hydrogen-bond acceptors (Lipinski definition) is 2. The monoisotopic (exact) mass is 403 g/mol. The summed E-state index contributed by atoms with van der Waals surface area (Å²) >= 11 is 8.84. The lowest BCUT2D eigenvalue weighted by Crippen LogP contribution is -2.43. The molecule has 8 heteroatoms. The molecule has 0 radical (unpaired) electrons. The molecule has 0 aromatic heterocycles. The molecule has 0 N–H and O–H groups in total. The highest BCUT2D eigenvalue weighted by Gasteiger charge is 2.41. The second-order valence-corrected chi connectivity index (χ2v) is 6.52. The average molecular weight is 405 g/mol. The van der Waals surface area contributed by atoms with Gasteiger partial charge in [0, 0.05) is 18.1 Å². The summed E-state index contributed by atoms with van der Waals surface area (Å²) < 4.78 is 57.6. The predicted molar refractivity (Wildman–Crippen MR) is 79.8 cm³/mol. The third-order valence-corrected chi connectivity index (χ3v) is 4.39. The molecule has 124 valence electrons. The lowest BCUT2D eigenvalue weighted by atomic mass is 9.98. The van der Waals surface area contributed by atoms with E-state index in [1.807, 2.05) is 0 Å². The zero-order valence-corrected chi connectivity index (χ0v) is 13.9. The van der Waals surface area contributed by atoms with Crippen LogP contribution in [0.5, 0.6) is 5.75 Å². The summed E-state index contributed by atoms with van der Waals surface area (Å²) in [6.45, 7) is 1.00. The minimum atomic E-state index is -4.16. The van der Waals surface area contributed by atoms with E-state index in [0.717, 1.165) is 6.07 Å². The normalized spacial score (nSPS) is 20.2. The van der Waals surface area contributed by atoms with Crippen LogP contribution in [0, 0.1) is 11.7 Å². The van der Waals surface area contributed by atoms with Gasteiger partial charge in [-0.05, 0) is 47.4 Å². The number of likely N-dealkylation sites (tertiary alicyclic amines) is 1. The molecule has 0 amide bonds. The van der Waals surface area contributed by atoms with E-state index in [1.54, 1.807) is 4.90 Å². The quantitative estimate of drug-likeness (QED) is 0.662. The second kappa shape index (κ2) is 7.36. The van der Waals surface area contributed by atoms with Gasteiger partial charge in [0.15, 0.2) is 11.6 Å². The number of hydrogen-bond donors (Lipinski definition) is 0.